The minimum Gasteiger partial charge on any atom is -0.480 e. The van der Waals surface area contributed by atoms with Crippen LogP contribution in [0.15, 0.2) is 22.7 Å². The molecule has 0 saturated carbocycles. The van der Waals surface area contributed by atoms with Crippen LogP contribution in [-0.2, 0) is 19.1 Å². The number of carbonyl (C=O) groups excluding carboxylic acids is 2. The van der Waals surface area contributed by atoms with E-state index in [9.17, 15) is 9.59 Å². The lowest BCUT2D eigenvalue weighted by Crippen LogP contribution is -2.35. The number of ether oxygens (including phenoxy) is 3. The zero-order valence-corrected chi connectivity index (χ0v) is 14.7. The zero-order valence-electron chi connectivity index (χ0n) is 12.3. The number of esters is 1. The van der Waals surface area contributed by atoms with Gasteiger partial charge in [0.1, 0.15) is 5.75 Å². The molecule has 0 aliphatic carbocycles. The fourth-order valence-corrected chi connectivity index (χ4v) is 2.73. The van der Waals surface area contributed by atoms with E-state index in [1.54, 1.807) is 18.2 Å². The lowest BCUT2D eigenvalue weighted by atomic mass is 10.2. The molecule has 1 saturated heterocycles. The average molecular weight is 407 g/mol. The van der Waals surface area contributed by atoms with E-state index in [1.807, 2.05) is 0 Å². The van der Waals surface area contributed by atoms with Gasteiger partial charge in [-0.1, -0.05) is 27.5 Å². The maximum atomic E-state index is 11.6. The molecule has 1 amide bonds. The Morgan fingerprint density at radius 3 is 2.91 bits per heavy atom. The predicted octanol–water partition coefficient (Wildman–Crippen LogP) is 2.32. The smallest absolute Gasteiger partial charge is 0.344 e. The molecular weight excluding hydrogens is 390 g/mol. The van der Waals surface area contributed by atoms with E-state index in [1.165, 1.54) is 0 Å². The molecule has 126 valence electrons. The van der Waals surface area contributed by atoms with Crippen molar-refractivity contribution in [1.82, 2.24) is 5.32 Å². The van der Waals surface area contributed by atoms with E-state index in [0.29, 0.717) is 17.3 Å². The van der Waals surface area contributed by atoms with Gasteiger partial charge in [-0.2, -0.15) is 0 Å². The maximum Gasteiger partial charge on any atom is 0.344 e. The summed E-state index contributed by atoms with van der Waals surface area (Å²) in [4.78, 5) is 23.1. The van der Waals surface area contributed by atoms with Crippen LogP contribution >= 0.6 is 27.5 Å². The first-order chi connectivity index (χ1) is 11.0. The van der Waals surface area contributed by atoms with Crippen LogP contribution in [0, 0.1) is 0 Å². The summed E-state index contributed by atoms with van der Waals surface area (Å²) >= 11 is 9.23. The predicted molar refractivity (Wildman–Crippen MR) is 87.6 cm³/mol. The van der Waals surface area contributed by atoms with Crippen LogP contribution in [0.4, 0.5) is 0 Å². The lowest BCUT2D eigenvalue weighted by molar-refractivity contribution is -0.150. The van der Waals surface area contributed by atoms with Gasteiger partial charge >= 0.3 is 5.97 Å². The number of benzene rings is 1. The first kappa shape index (κ1) is 18.0. The minimum absolute atomic E-state index is 0.0533. The molecule has 6 nitrogen and oxygen atoms in total. The number of rotatable bonds is 7. The van der Waals surface area contributed by atoms with E-state index >= 15 is 0 Å². The van der Waals surface area contributed by atoms with Gasteiger partial charge in [0.25, 0.3) is 5.91 Å². The maximum absolute atomic E-state index is 11.6. The highest BCUT2D eigenvalue weighted by Gasteiger charge is 2.16. The molecule has 1 aromatic carbocycles. The fourth-order valence-electron chi connectivity index (χ4n) is 2.00. The molecule has 1 aromatic rings. The summed E-state index contributed by atoms with van der Waals surface area (Å²) < 4.78 is 16.3. The van der Waals surface area contributed by atoms with Crippen molar-refractivity contribution in [2.75, 3.05) is 26.4 Å². The highest BCUT2D eigenvalue weighted by molar-refractivity contribution is 9.10. The summed E-state index contributed by atoms with van der Waals surface area (Å²) in [5.74, 6) is -0.638. The number of nitrogens with one attached hydrogen (secondary N) is 1. The molecule has 1 atom stereocenters. The van der Waals surface area contributed by atoms with Crippen LogP contribution in [0.3, 0.4) is 0 Å². The molecule has 1 fully saturated rings. The topological polar surface area (TPSA) is 73.9 Å². The van der Waals surface area contributed by atoms with Crippen molar-refractivity contribution in [3.8, 4) is 5.75 Å². The molecule has 0 radical (unpaired) electrons. The molecule has 1 heterocycles. The van der Waals surface area contributed by atoms with Gasteiger partial charge < -0.3 is 19.5 Å². The van der Waals surface area contributed by atoms with E-state index in [-0.39, 0.29) is 25.2 Å². The van der Waals surface area contributed by atoms with Gasteiger partial charge in [-0.15, -0.1) is 0 Å². The number of carbonyl (C=O) groups is 2. The lowest BCUT2D eigenvalue weighted by Gasteiger charge is -2.11. The summed E-state index contributed by atoms with van der Waals surface area (Å²) in [5.41, 5.74) is 0. The molecule has 0 unspecified atom stereocenters. The molecule has 2 rings (SSSR count). The second-order valence-electron chi connectivity index (χ2n) is 4.96. The van der Waals surface area contributed by atoms with Crippen LogP contribution in [-0.4, -0.2) is 44.3 Å². The number of hydrogen-bond acceptors (Lipinski definition) is 5. The Balaban J connectivity index is 1.63. The Hall–Kier alpha value is -1.31. The van der Waals surface area contributed by atoms with Crippen molar-refractivity contribution >= 4 is 39.4 Å². The molecule has 0 spiro atoms. The van der Waals surface area contributed by atoms with Crippen molar-refractivity contribution in [3.05, 3.63) is 27.7 Å². The Kier molecular flexibility index (Phi) is 7.14. The summed E-state index contributed by atoms with van der Waals surface area (Å²) in [6, 6.07) is 5.03. The normalized spacial score (nSPS) is 16.9. The highest BCUT2D eigenvalue weighted by Crippen LogP contribution is 2.27. The van der Waals surface area contributed by atoms with Gasteiger partial charge in [0.05, 0.1) is 11.1 Å². The third-order valence-corrected chi connectivity index (χ3v) is 3.94. The molecule has 0 bridgehead atoms. The summed E-state index contributed by atoms with van der Waals surface area (Å²) in [5, 5.41) is 3.04. The Labute approximate surface area is 147 Å². The SMILES string of the molecule is O=C(COC(=O)COc1ccc(Br)cc1Cl)NC[C@@H]1CCCO1. The Bertz CT molecular complexity index is 563. The molecule has 1 aliphatic rings. The third kappa shape index (κ3) is 6.37. The second-order valence-corrected chi connectivity index (χ2v) is 6.29. The summed E-state index contributed by atoms with van der Waals surface area (Å²) in [6.07, 6.45) is 1.99. The van der Waals surface area contributed by atoms with Crippen LogP contribution in [0.1, 0.15) is 12.8 Å². The first-order valence-electron chi connectivity index (χ1n) is 7.16. The standard InChI is InChI=1S/C15H17BrClNO5/c16-10-3-4-13(12(17)6-10)22-9-15(20)23-8-14(19)18-7-11-2-1-5-21-11/h3-4,6,11H,1-2,5,7-9H2,(H,18,19)/t11-/m0/s1. The third-order valence-electron chi connectivity index (χ3n) is 3.15. The minimum atomic E-state index is -0.642. The highest BCUT2D eigenvalue weighted by atomic mass is 79.9. The molecule has 8 heteroatoms. The molecule has 1 N–H and O–H groups in total. The fraction of sp³-hybridized carbons (Fsp3) is 0.467. The Morgan fingerprint density at radius 2 is 2.22 bits per heavy atom. The molecular formula is C15H17BrClNO5. The Morgan fingerprint density at radius 1 is 1.39 bits per heavy atom. The average Bonchev–Trinajstić information content (AvgIpc) is 3.03. The van der Waals surface area contributed by atoms with Gasteiger partial charge in [-0.05, 0) is 31.0 Å². The number of hydrogen-bond donors (Lipinski definition) is 1. The van der Waals surface area contributed by atoms with E-state index in [4.69, 9.17) is 25.8 Å². The van der Waals surface area contributed by atoms with Gasteiger partial charge in [0.2, 0.25) is 0 Å². The van der Waals surface area contributed by atoms with Crippen molar-refractivity contribution in [3.63, 3.8) is 0 Å². The number of halogens is 2. The molecule has 23 heavy (non-hydrogen) atoms. The van der Waals surface area contributed by atoms with Crippen LogP contribution < -0.4 is 10.1 Å². The van der Waals surface area contributed by atoms with Crippen molar-refractivity contribution in [1.29, 1.82) is 0 Å². The largest absolute Gasteiger partial charge is 0.480 e. The molecule has 1 aliphatic heterocycles. The molecule has 0 aromatic heterocycles. The van der Waals surface area contributed by atoms with Crippen molar-refractivity contribution in [2.45, 2.75) is 18.9 Å². The van der Waals surface area contributed by atoms with E-state index in [0.717, 1.165) is 23.9 Å². The van der Waals surface area contributed by atoms with Crippen LogP contribution in [0.5, 0.6) is 5.75 Å². The van der Waals surface area contributed by atoms with Gasteiger partial charge in [-0.25, -0.2) is 4.79 Å². The van der Waals surface area contributed by atoms with Crippen molar-refractivity contribution < 1.29 is 23.8 Å². The summed E-state index contributed by atoms with van der Waals surface area (Å²) in [7, 11) is 0. The second kappa shape index (κ2) is 9.10. The quantitative estimate of drug-likeness (QED) is 0.704. The van der Waals surface area contributed by atoms with E-state index < -0.39 is 5.97 Å². The van der Waals surface area contributed by atoms with Crippen LogP contribution in [0.25, 0.3) is 0 Å². The monoisotopic (exact) mass is 405 g/mol. The summed E-state index contributed by atoms with van der Waals surface area (Å²) in [6.45, 7) is 0.496. The van der Waals surface area contributed by atoms with E-state index in [2.05, 4.69) is 21.2 Å². The first-order valence-corrected chi connectivity index (χ1v) is 8.33. The van der Waals surface area contributed by atoms with Crippen molar-refractivity contribution in [2.24, 2.45) is 0 Å². The van der Waals surface area contributed by atoms with Gasteiger partial charge in [0.15, 0.2) is 13.2 Å². The van der Waals surface area contributed by atoms with Gasteiger partial charge in [-0.3, -0.25) is 4.79 Å². The number of amides is 1. The van der Waals surface area contributed by atoms with Gasteiger partial charge in [0, 0.05) is 17.6 Å². The zero-order chi connectivity index (χ0) is 16.7. The van der Waals surface area contributed by atoms with Crippen LogP contribution in [0.2, 0.25) is 5.02 Å².